The molecule has 0 fully saturated rings. The number of methoxy groups -OCH3 is 1. The first-order chi connectivity index (χ1) is 11.3. The summed E-state index contributed by atoms with van der Waals surface area (Å²) in [6.45, 7) is 0.507. The zero-order valence-corrected chi connectivity index (χ0v) is 12.7. The molecular weight excluding hydrogens is 290 g/mol. The van der Waals surface area contributed by atoms with Gasteiger partial charge in [-0.25, -0.2) is 4.79 Å². The summed E-state index contributed by atoms with van der Waals surface area (Å²) in [5.74, 6) is 0.523. The van der Waals surface area contributed by atoms with E-state index in [4.69, 9.17) is 9.47 Å². The summed E-state index contributed by atoms with van der Waals surface area (Å²) in [7, 11) is 1.39. The average Bonchev–Trinajstić information content (AvgIpc) is 2.93. The lowest BCUT2D eigenvalue weighted by atomic mass is 10.1. The van der Waals surface area contributed by atoms with E-state index in [9.17, 15) is 4.79 Å². The number of nitrogens with zero attached hydrogens (tertiary/aromatic N) is 1. The molecule has 23 heavy (non-hydrogen) atoms. The minimum absolute atomic E-state index is 0.332. The van der Waals surface area contributed by atoms with E-state index in [0.29, 0.717) is 12.2 Å². The van der Waals surface area contributed by atoms with Gasteiger partial charge in [-0.2, -0.15) is 0 Å². The smallest absolute Gasteiger partial charge is 0.337 e. The van der Waals surface area contributed by atoms with Crippen LogP contribution in [-0.4, -0.2) is 24.3 Å². The van der Waals surface area contributed by atoms with E-state index in [-0.39, 0.29) is 5.97 Å². The molecule has 0 bridgehead atoms. The first-order valence-electron chi connectivity index (χ1n) is 7.40. The van der Waals surface area contributed by atoms with E-state index in [1.165, 1.54) is 7.11 Å². The molecule has 1 aliphatic rings. The largest absolute Gasteiger partial charge is 0.489 e. The van der Waals surface area contributed by atoms with Crippen LogP contribution in [0, 0.1) is 0 Å². The predicted octanol–water partition coefficient (Wildman–Crippen LogP) is 3.96. The number of fused-ring (bicyclic) bond motifs is 5. The molecular formula is C19H15NO3. The molecule has 0 radical (unpaired) electrons. The Hall–Kier alpha value is -3.01. The van der Waals surface area contributed by atoms with Crippen molar-refractivity contribution in [2.75, 3.05) is 13.7 Å². The van der Waals surface area contributed by atoms with Crippen molar-refractivity contribution in [1.29, 1.82) is 0 Å². The monoisotopic (exact) mass is 305 g/mol. The summed E-state index contributed by atoms with van der Waals surface area (Å²) in [6, 6.07) is 15.7. The van der Waals surface area contributed by atoms with Gasteiger partial charge >= 0.3 is 5.97 Å². The third kappa shape index (κ3) is 2.19. The third-order valence-electron chi connectivity index (χ3n) is 4.02. The second-order valence-corrected chi connectivity index (χ2v) is 5.36. The van der Waals surface area contributed by atoms with E-state index in [2.05, 4.69) is 10.6 Å². The normalized spacial score (nSPS) is 14.1. The third-order valence-corrected chi connectivity index (χ3v) is 4.02. The van der Waals surface area contributed by atoms with Crippen LogP contribution in [0.3, 0.4) is 0 Å². The summed E-state index contributed by atoms with van der Waals surface area (Å²) in [5.41, 5.74) is 3.58. The van der Waals surface area contributed by atoms with Gasteiger partial charge in [-0.3, -0.25) is 0 Å². The van der Waals surface area contributed by atoms with Gasteiger partial charge in [0.2, 0.25) is 0 Å². The fourth-order valence-electron chi connectivity index (χ4n) is 2.92. The van der Waals surface area contributed by atoms with Crippen LogP contribution in [0.1, 0.15) is 10.4 Å². The van der Waals surface area contributed by atoms with Gasteiger partial charge in [0, 0.05) is 17.1 Å². The first kappa shape index (κ1) is 13.6. The maximum absolute atomic E-state index is 11.8. The van der Waals surface area contributed by atoms with Crippen molar-refractivity contribution in [2.45, 2.75) is 0 Å². The van der Waals surface area contributed by atoms with Crippen molar-refractivity contribution >= 4 is 23.1 Å². The van der Waals surface area contributed by atoms with Crippen molar-refractivity contribution in [3.8, 4) is 17.0 Å². The molecule has 0 unspecified atom stereocenters. The number of esters is 1. The highest BCUT2D eigenvalue weighted by molar-refractivity contribution is 5.97. The van der Waals surface area contributed by atoms with E-state index in [1.807, 2.05) is 48.7 Å². The van der Waals surface area contributed by atoms with E-state index < -0.39 is 0 Å². The van der Waals surface area contributed by atoms with Crippen LogP contribution < -0.4 is 4.74 Å². The van der Waals surface area contributed by atoms with E-state index in [0.717, 1.165) is 27.9 Å². The van der Waals surface area contributed by atoms with Crippen molar-refractivity contribution in [1.82, 2.24) is 4.57 Å². The number of aromatic nitrogens is 1. The van der Waals surface area contributed by atoms with Crippen molar-refractivity contribution < 1.29 is 14.3 Å². The quantitative estimate of drug-likeness (QED) is 0.639. The second kappa shape index (κ2) is 5.32. The molecule has 0 atom stereocenters. The average molecular weight is 305 g/mol. The van der Waals surface area contributed by atoms with Crippen LogP contribution in [0.25, 0.3) is 28.4 Å². The predicted molar refractivity (Wildman–Crippen MR) is 89.5 cm³/mol. The Bertz CT molecular complexity index is 937. The van der Waals surface area contributed by atoms with E-state index >= 15 is 0 Å². The number of carbonyl (C=O) groups is 1. The molecule has 4 rings (SSSR count). The summed E-state index contributed by atoms with van der Waals surface area (Å²) in [5, 5.41) is 1.06. The van der Waals surface area contributed by atoms with Gasteiger partial charge < -0.3 is 14.0 Å². The molecule has 0 aliphatic carbocycles. The number of benzene rings is 2. The maximum Gasteiger partial charge on any atom is 0.337 e. The Morgan fingerprint density at radius 1 is 1.17 bits per heavy atom. The van der Waals surface area contributed by atoms with Gasteiger partial charge in [-0.1, -0.05) is 18.2 Å². The van der Waals surface area contributed by atoms with Crippen LogP contribution >= 0.6 is 0 Å². The Balaban J connectivity index is 2.00. The van der Waals surface area contributed by atoms with Crippen molar-refractivity contribution in [3.05, 3.63) is 60.2 Å². The van der Waals surface area contributed by atoms with Crippen molar-refractivity contribution in [2.24, 2.45) is 0 Å². The number of ether oxygens (including phenoxy) is 2. The molecule has 1 aliphatic heterocycles. The minimum atomic E-state index is -0.332. The lowest BCUT2D eigenvalue weighted by molar-refractivity contribution is 0.0601. The Labute approximate surface area is 133 Å². The zero-order valence-electron chi connectivity index (χ0n) is 12.7. The molecule has 0 saturated heterocycles. The van der Waals surface area contributed by atoms with Crippen LogP contribution in [0.2, 0.25) is 0 Å². The fraction of sp³-hybridized carbons (Fsp3) is 0.105. The molecule has 0 spiro atoms. The lowest BCUT2D eigenvalue weighted by Crippen LogP contribution is -2.03. The van der Waals surface area contributed by atoms with E-state index in [1.54, 1.807) is 6.07 Å². The summed E-state index contributed by atoms with van der Waals surface area (Å²) >= 11 is 0. The second-order valence-electron chi connectivity index (χ2n) is 5.36. The van der Waals surface area contributed by atoms with Gasteiger partial charge in [0.15, 0.2) is 0 Å². The molecule has 0 amide bonds. The molecule has 1 aromatic heterocycles. The summed E-state index contributed by atoms with van der Waals surface area (Å²) in [4.78, 5) is 11.8. The molecule has 2 aromatic carbocycles. The maximum atomic E-state index is 11.8. The Morgan fingerprint density at radius 3 is 2.91 bits per heavy atom. The Morgan fingerprint density at radius 2 is 2.04 bits per heavy atom. The number of hydrogen-bond acceptors (Lipinski definition) is 3. The van der Waals surface area contributed by atoms with Gasteiger partial charge in [0.25, 0.3) is 0 Å². The van der Waals surface area contributed by atoms with Crippen LogP contribution in [0.5, 0.6) is 5.75 Å². The topological polar surface area (TPSA) is 40.5 Å². The molecule has 114 valence electrons. The number of hydrogen-bond donors (Lipinski definition) is 0. The SMILES string of the molecule is COC(=O)c1ccc2cc3n(c2c1)/C=C\COc1ccccc1-3. The Kier molecular flexibility index (Phi) is 3.15. The first-order valence-corrected chi connectivity index (χ1v) is 7.40. The molecule has 2 heterocycles. The van der Waals surface area contributed by atoms with Gasteiger partial charge in [0.1, 0.15) is 12.4 Å². The van der Waals surface area contributed by atoms with Crippen LogP contribution in [0.4, 0.5) is 0 Å². The molecule has 0 N–H and O–H groups in total. The number of rotatable bonds is 1. The fourth-order valence-corrected chi connectivity index (χ4v) is 2.92. The number of carbonyl (C=O) groups excluding carboxylic acids is 1. The highest BCUT2D eigenvalue weighted by Gasteiger charge is 2.16. The minimum Gasteiger partial charge on any atom is -0.489 e. The zero-order chi connectivity index (χ0) is 15.8. The standard InChI is InChI=1S/C19H15NO3/c1-22-19(21)14-8-7-13-11-17-15-5-2-3-6-18(15)23-10-4-9-20(17)16(13)12-14/h2-9,11-12H,10H2,1H3/b9-4-. The molecule has 3 aromatic rings. The van der Waals surface area contributed by atoms with Gasteiger partial charge in [0.05, 0.1) is 23.9 Å². The number of para-hydroxylation sites is 1. The van der Waals surface area contributed by atoms with Gasteiger partial charge in [-0.05, 0) is 36.4 Å². The summed E-state index contributed by atoms with van der Waals surface area (Å²) < 4.78 is 12.7. The highest BCUT2D eigenvalue weighted by Crippen LogP contribution is 2.35. The van der Waals surface area contributed by atoms with Crippen LogP contribution in [0.15, 0.2) is 54.6 Å². The van der Waals surface area contributed by atoms with Crippen LogP contribution in [-0.2, 0) is 4.74 Å². The lowest BCUT2D eigenvalue weighted by Gasteiger charge is -2.14. The van der Waals surface area contributed by atoms with Crippen molar-refractivity contribution in [3.63, 3.8) is 0 Å². The molecule has 0 saturated carbocycles. The molecule has 4 heteroatoms. The highest BCUT2D eigenvalue weighted by atomic mass is 16.5. The molecule has 4 nitrogen and oxygen atoms in total. The summed E-state index contributed by atoms with van der Waals surface area (Å²) in [6.07, 6.45) is 3.94. The van der Waals surface area contributed by atoms with Gasteiger partial charge in [-0.15, -0.1) is 0 Å².